The Balaban J connectivity index is 1.33. The highest BCUT2D eigenvalue weighted by Crippen LogP contribution is 2.45. The molecule has 4 aromatic rings. The number of hydrogen-bond donors (Lipinski definition) is 1. The molecule has 7 rings (SSSR count). The summed E-state index contributed by atoms with van der Waals surface area (Å²) in [5.41, 5.74) is 6.72. The molecule has 0 aliphatic carbocycles. The zero-order chi connectivity index (χ0) is 32.3. The summed E-state index contributed by atoms with van der Waals surface area (Å²) in [5, 5.41) is 10.8. The van der Waals surface area contributed by atoms with Gasteiger partial charge in [0.2, 0.25) is 11.8 Å². The van der Waals surface area contributed by atoms with Crippen molar-refractivity contribution in [1.29, 1.82) is 5.26 Å². The van der Waals surface area contributed by atoms with E-state index < -0.39 is 23.6 Å². The highest BCUT2D eigenvalue weighted by atomic mass is 35.5. The molecule has 6 heterocycles. The van der Waals surface area contributed by atoms with Crippen molar-refractivity contribution >= 4 is 54.8 Å². The molecule has 4 unspecified atom stereocenters. The number of carbonyl (C=O) groups is 1. The highest BCUT2D eigenvalue weighted by Gasteiger charge is 2.49. The van der Waals surface area contributed by atoms with Gasteiger partial charge in [0.15, 0.2) is 0 Å². The fraction of sp³-hybridized carbons (Fsp3) is 0.406. The third-order valence-corrected chi connectivity index (χ3v) is 10.8. The van der Waals surface area contributed by atoms with E-state index in [-0.39, 0.29) is 61.9 Å². The van der Waals surface area contributed by atoms with Crippen molar-refractivity contribution in [3.63, 3.8) is 0 Å². The van der Waals surface area contributed by atoms with Crippen LogP contribution >= 0.6 is 22.9 Å². The molecule has 0 saturated carbocycles. The maximum atomic E-state index is 14.8. The summed E-state index contributed by atoms with van der Waals surface area (Å²) >= 11 is 8.01. The summed E-state index contributed by atoms with van der Waals surface area (Å²) in [7, 11) is 0. The SMILES string of the molecule is C=CC(=O)N1CCC(Oc2nc(OCC34CCCN3CC(F)C4)nc3c(Cl)c(-c4ccc(F)c5sc(N)c(C#N)c45)ncc23)C1C. The summed E-state index contributed by atoms with van der Waals surface area (Å²) in [4.78, 5) is 30.1. The Kier molecular flexibility index (Phi) is 7.70. The summed E-state index contributed by atoms with van der Waals surface area (Å²) in [6, 6.07) is 4.59. The number of aromatic nitrogens is 3. The Bertz CT molecular complexity index is 1950. The van der Waals surface area contributed by atoms with Crippen LogP contribution in [0.15, 0.2) is 31.0 Å². The smallest absolute Gasteiger partial charge is 0.320 e. The molecule has 3 aliphatic rings. The number of pyridine rings is 1. The number of anilines is 1. The van der Waals surface area contributed by atoms with Gasteiger partial charge in [0, 0.05) is 43.1 Å². The lowest BCUT2D eigenvalue weighted by atomic mass is 9.95. The first-order valence-corrected chi connectivity index (χ1v) is 16.2. The second-order valence-electron chi connectivity index (χ2n) is 12.0. The number of carbonyl (C=O) groups excluding carboxylic acids is 1. The number of amides is 1. The van der Waals surface area contributed by atoms with Crippen LogP contribution in [-0.4, -0.2) is 80.8 Å². The average Bonchev–Trinajstić information content (AvgIpc) is 3.78. The van der Waals surface area contributed by atoms with E-state index in [0.29, 0.717) is 42.3 Å². The molecule has 238 valence electrons. The third-order valence-electron chi connectivity index (χ3n) is 9.45. The van der Waals surface area contributed by atoms with Gasteiger partial charge in [-0.3, -0.25) is 14.7 Å². The molecular formula is C32H30ClF2N7O3S. The molecule has 3 fully saturated rings. The van der Waals surface area contributed by atoms with Crippen molar-refractivity contribution in [2.75, 3.05) is 32.0 Å². The predicted molar refractivity (Wildman–Crippen MR) is 171 cm³/mol. The minimum absolute atomic E-state index is 0.00324. The molecule has 1 aromatic carbocycles. The third kappa shape index (κ3) is 4.90. The molecule has 1 amide bonds. The van der Waals surface area contributed by atoms with Gasteiger partial charge >= 0.3 is 6.01 Å². The van der Waals surface area contributed by atoms with Crippen LogP contribution in [0.4, 0.5) is 13.8 Å². The highest BCUT2D eigenvalue weighted by molar-refractivity contribution is 7.23. The van der Waals surface area contributed by atoms with Crippen LogP contribution in [-0.2, 0) is 4.79 Å². The number of hydrogen-bond acceptors (Lipinski definition) is 10. The van der Waals surface area contributed by atoms with Gasteiger partial charge < -0.3 is 20.1 Å². The maximum absolute atomic E-state index is 14.8. The van der Waals surface area contributed by atoms with Gasteiger partial charge in [-0.05, 0) is 44.5 Å². The number of nitrogen functional groups attached to an aromatic ring is 1. The van der Waals surface area contributed by atoms with Crippen molar-refractivity contribution in [3.8, 4) is 29.2 Å². The largest absolute Gasteiger partial charge is 0.471 e. The number of rotatable bonds is 7. The van der Waals surface area contributed by atoms with Gasteiger partial charge in [0.1, 0.15) is 41.3 Å². The Morgan fingerprint density at radius 2 is 2.20 bits per heavy atom. The number of alkyl halides is 1. The maximum Gasteiger partial charge on any atom is 0.320 e. The number of fused-ring (bicyclic) bond motifs is 3. The van der Waals surface area contributed by atoms with Crippen LogP contribution in [0.5, 0.6) is 11.9 Å². The number of likely N-dealkylation sites (tertiary alicyclic amines) is 1. The van der Waals surface area contributed by atoms with E-state index in [1.807, 2.05) is 6.92 Å². The standard InChI is InChI=1S/C32H30ClF2N7O3S/c1-3-23(43)42-10-7-22(16(42)2)45-30-20-13-38-26(18-5-6-21(35)28-24(18)19(12-36)29(37)46-28)25(33)27(20)39-31(40-30)44-15-32-8-4-9-41(32)14-17(34)11-32/h3,5-6,13,16-17,22H,1,4,7-11,14-15,37H2,2H3. The van der Waals surface area contributed by atoms with Crippen LogP contribution in [0, 0.1) is 17.1 Å². The lowest BCUT2D eigenvalue weighted by molar-refractivity contribution is -0.127. The fourth-order valence-corrected chi connectivity index (χ4v) is 8.38. The van der Waals surface area contributed by atoms with Crippen molar-refractivity contribution in [2.45, 2.75) is 56.5 Å². The van der Waals surface area contributed by atoms with Crippen LogP contribution in [0.1, 0.15) is 38.2 Å². The van der Waals surface area contributed by atoms with Gasteiger partial charge in [-0.15, -0.1) is 11.3 Å². The first-order chi connectivity index (χ1) is 22.1. The molecule has 3 saturated heterocycles. The van der Waals surface area contributed by atoms with E-state index in [1.165, 1.54) is 24.4 Å². The van der Waals surface area contributed by atoms with Gasteiger partial charge in [0.25, 0.3) is 0 Å². The molecule has 3 aromatic heterocycles. The molecular weight excluding hydrogens is 636 g/mol. The number of benzene rings is 1. The van der Waals surface area contributed by atoms with Gasteiger partial charge in [-0.25, -0.2) is 8.78 Å². The number of nitriles is 1. The van der Waals surface area contributed by atoms with E-state index in [2.05, 4.69) is 32.5 Å². The quantitative estimate of drug-likeness (QED) is 0.248. The summed E-state index contributed by atoms with van der Waals surface area (Å²) in [6.07, 6.45) is 4.15. The lowest BCUT2D eigenvalue weighted by Gasteiger charge is -2.30. The number of thiophene rings is 1. The molecule has 0 bridgehead atoms. The molecule has 3 aliphatic heterocycles. The summed E-state index contributed by atoms with van der Waals surface area (Å²) in [6.45, 7) is 7.35. The normalized spacial score (nSPS) is 24.4. The summed E-state index contributed by atoms with van der Waals surface area (Å²) in [5.74, 6) is -0.535. The zero-order valence-corrected chi connectivity index (χ0v) is 26.5. The number of nitrogens with zero attached hydrogens (tertiary/aromatic N) is 6. The first kappa shape index (κ1) is 30.5. The number of nitrogens with two attached hydrogens (primary N) is 1. The second kappa shape index (κ2) is 11.6. The Labute approximate surface area is 272 Å². The fourth-order valence-electron chi connectivity index (χ4n) is 7.14. The van der Waals surface area contributed by atoms with Crippen LogP contribution in [0.25, 0.3) is 32.2 Å². The topological polar surface area (TPSA) is 130 Å². The van der Waals surface area contributed by atoms with E-state index >= 15 is 0 Å². The van der Waals surface area contributed by atoms with Crippen molar-refractivity contribution in [3.05, 3.63) is 47.4 Å². The molecule has 14 heteroatoms. The van der Waals surface area contributed by atoms with Crippen LogP contribution in [0.3, 0.4) is 0 Å². The van der Waals surface area contributed by atoms with Crippen molar-refractivity contribution in [2.24, 2.45) is 0 Å². The Morgan fingerprint density at radius 3 is 2.98 bits per heavy atom. The molecule has 2 N–H and O–H groups in total. The van der Waals surface area contributed by atoms with E-state index in [4.69, 9.17) is 26.8 Å². The van der Waals surface area contributed by atoms with Gasteiger partial charge in [0.05, 0.1) is 37.9 Å². The lowest BCUT2D eigenvalue weighted by Crippen LogP contribution is -2.43. The van der Waals surface area contributed by atoms with E-state index in [0.717, 1.165) is 30.7 Å². The molecule has 46 heavy (non-hydrogen) atoms. The van der Waals surface area contributed by atoms with Gasteiger partial charge in [-0.2, -0.15) is 15.2 Å². The van der Waals surface area contributed by atoms with E-state index in [1.54, 1.807) is 4.90 Å². The number of halogens is 3. The first-order valence-electron chi connectivity index (χ1n) is 15.0. The monoisotopic (exact) mass is 665 g/mol. The molecule has 4 atom stereocenters. The second-order valence-corrected chi connectivity index (χ2v) is 13.5. The molecule has 0 radical (unpaired) electrons. The molecule has 10 nitrogen and oxygen atoms in total. The predicted octanol–water partition coefficient (Wildman–Crippen LogP) is 5.66. The van der Waals surface area contributed by atoms with Crippen LogP contribution in [0.2, 0.25) is 5.02 Å². The number of ether oxygens (including phenoxy) is 2. The van der Waals surface area contributed by atoms with E-state index in [9.17, 15) is 18.8 Å². The van der Waals surface area contributed by atoms with Crippen molar-refractivity contribution < 1.29 is 23.0 Å². The van der Waals surface area contributed by atoms with Gasteiger partial charge in [-0.1, -0.05) is 18.2 Å². The minimum atomic E-state index is -0.926. The zero-order valence-electron chi connectivity index (χ0n) is 24.9. The van der Waals surface area contributed by atoms with Crippen LogP contribution < -0.4 is 15.2 Å². The minimum Gasteiger partial charge on any atom is -0.471 e. The van der Waals surface area contributed by atoms with Crippen molar-refractivity contribution in [1.82, 2.24) is 24.8 Å². The molecule has 0 spiro atoms. The average molecular weight is 666 g/mol. The Morgan fingerprint density at radius 1 is 1.37 bits per heavy atom. The summed E-state index contributed by atoms with van der Waals surface area (Å²) < 4.78 is 42.1. The Hall–Kier alpha value is -4.12.